The fourth-order valence-corrected chi connectivity index (χ4v) is 2.19. The molecule has 0 atom stereocenters. The third-order valence-electron chi connectivity index (χ3n) is 2.10. The first kappa shape index (κ1) is 10.8. The molecule has 74 valence electrons. The number of aromatic nitrogens is 2. The third kappa shape index (κ3) is 2.56. The molecule has 0 saturated carbocycles. The van der Waals surface area contributed by atoms with Crippen molar-refractivity contribution in [3.8, 4) is 0 Å². The van der Waals surface area contributed by atoms with Crippen LogP contribution in [0.15, 0.2) is 10.7 Å². The van der Waals surface area contributed by atoms with Crippen LogP contribution in [0.25, 0.3) is 0 Å². The molecule has 0 aliphatic carbocycles. The minimum Gasteiger partial charge on any atom is -0.268 e. The quantitative estimate of drug-likeness (QED) is 0.792. The number of aryl methyl sites for hydroxylation is 1. The van der Waals surface area contributed by atoms with E-state index in [9.17, 15) is 0 Å². The summed E-state index contributed by atoms with van der Waals surface area (Å²) < 4.78 is 3.25. The van der Waals surface area contributed by atoms with Crippen molar-refractivity contribution in [3.63, 3.8) is 0 Å². The van der Waals surface area contributed by atoms with Crippen LogP contribution in [0.3, 0.4) is 0 Å². The SMILES string of the molecule is CCCCn1ncc(Br)c1C(C)C. The molecular weight excluding hydrogens is 228 g/mol. The lowest BCUT2D eigenvalue weighted by Crippen LogP contribution is -2.06. The molecule has 1 aromatic rings. The van der Waals surface area contributed by atoms with Gasteiger partial charge in [0.1, 0.15) is 0 Å². The highest BCUT2D eigenvalue weighted by atomic mass is 79.9. The average Bonchev–Trinajstić information content (AvgIpc) is 2.43. The first-order chi connectivity index (χ1) is 6.16. The Morgan fingerprint density at radius 3 is 2.77 bits per heavy atom. The maximum Gasteiger partial charge on any atom is 0.0635 e. The van der Waals surface area contributed by atoms with E-state index in [0.29, 0.717) is 5.92 Å². The maximum atomic E-state index is 4.34. The summed E-state index contributed by atoms with van der Waals surface area (Å²) in [5.74, 6) is 0.536. The van der Waals surface area contributed by atoms with E-state index in [2.05, 4.69) is 46.5 Å². The summed E-state index contributed by atoms with van der Waals surface area (Å²) in [7, 11) is 0. The second-order valence-corrected chi connectivity index (χ2v) is 4.46. The third-order valence-corrected chi connectivity index (χ3v) is 2.71. The van der Waals surface area contributed by atoms with E-state index in [0.717, 1.165) is 11.0 Å². The molecule has 0 N–H and O–H groups in total. The minimum absolute atomic E-state index is 0.536. The van der Waals surface area contributed by atoms with Crippen LogP contribution in [0.2, 0.25) is 0 Å². The maximum absolute atomic E-state index is 4.34. The molecule has 0 fully saturated rings. The van der Waals surface area contributed by atoms with E-state index in [1.54, 1.807) is 0 Å². The van der Waals surface area contributed by atoms with Gasteiger partial charge in [0.2, 0.25) is 0 Å². The molecule has 0 aliphatic heterocycles. The first-order valence-corrected chi connectivity index (χ1v) is 5.67. The Balaban J connectivity index is 2.81. The van der Waals surface area contributed by atoms with E-state index in [4.69, 9.17) is 0 Å². The van der Waals surface area contributed by atoms with Gasteiger partial charge in [-0.15, -0.1) is 0 Å². The first-order valence-electron chi connectivity index (χ1n) is 4.88. The highest BCUT2D eigenvalue weighted by molar-refractivity contribution is 9.10. The zero-order valence-electron chi connectivity index (χ0n) is 8.55. The fraction of sp³-hybridized carbons (Fsp3) is 0.700. The summed E-state index contributed by atoms with van der Waals surface area (Å²) >= 11 is 3.53. The predicted molar refractivity (Wildman–Crippen MR) is 58.9 cm³/mol. The summed E-state index contributed by atoms with van der Waals surface area (Å²) in [4.78, 5) is 0. The number of hydrogen-bond donors (Lipinski definition) is 0. The Bertz CT molecular complexity index is 266. The standard InChI is InChI=1S/C10H17BrN2/c1-4-5-6-13-10(8(2)3)9(11)7-12-13/h7-8H,4-6H2,1-3H3. The Kier molecular flexibility index (Phi) is 3.97. The number of unbranched alkanes of at least 4 members (excludes halogenated alkanes) is 1. The van der Waals surface area contributed by atoms with Crippen LogP contribution in [0, 0.1) is 0 Å². The van der Waals surface area contributed by atoms with Crippen LogP contribution >= 0.6 is 15.9 Å². The smallest absolute Gasteiger partial charge is 0.0635 e. The van der Waals surface area contributed by atoms with E-state index in [1.807, 2.05) is 6.20 Å². The lowest BCUT2D eigenvalue weighted by molar-refractivity contribution is 0.535. The molecule has 1 heterocycles. The monoisotopic (exact) mass is 244 g/mol. The van der Waals surface area contributed by atoms with Gasteiger partial charge in [0.15, 0.2) is 0 Å². The van der Waals surface area contributed by atoms with Gasteiger partial charge < -0.3 is 0 Å². The van der Waals surface area contributed by atoms with E-state index < -0.39 is 0 Å². The lowest BCUT2D eigenvalue weighted by Gasteiger charge is -2.10. The van der Waals surface area contributed by atoms with Crippen LogP contribution in [0.5, 0.6) is 0 Å². The Hall–Kier alpha value is -0.310. The van der Waals surface area contributed by atoms with Crippen molar-refractivity contribution in [1.82, 2.24) is 9.78 Å². The highest BCUT2D eigenvalue weighted by Crippen LogP contribution is 2.24. The van der Waals surface area contributed by atoms with Crippen molar-refractivity contribution >= 4 is 15.9 Å². The van der Waals surface area contributed by atoms with Crippen LogP contribution in [-0.4, -0.2) is 9.78 Å². The summed E-state index contributed by atoms with van der Waals surface area (Å²) in [5.41, 5.74) is 1.31. The van der Waals surface area contributed by atoms with Crippen LogP contribution in [0.4, 0.5) is 0 Å². The van der Waals surface area contributed by atoms with Crippen molar-refractivity contribution in [1.29, 1.82) is 0 Å². The van der Waals surface area contributed by atoms with E-state index >= 15 is 0 Å². The van der Waals surface area contributed by atoms with Gasteiger partial charge in [0, 0.05) is 6.54 Å². The van der Waals surface area contributed by atoms with Gasteiger partial charge in [-0.1, -0.05) is 27.2 Å². The second kappa shape index (κ2) is 4.80. The highest BCUT2D eigenvalue weighted by Gasteiger charge is 2.11. The van der Waals surface area contributed by atoms with Gasteiger partial charge in [0.05, 0.1) is 16.4 Å². The predicted octanol–water partition coefficient (Wildman–Crippen LogP) is 3.57. The Labute approximate surface area is 88.5 Å². The topological polar surface area (TPSA) is 17.8 Å². The average molecular weight is 245 g/mol. The summed E-state index contributed by atoms with van der Waals surface area (Å²) in [6, 6.07) is 0. The summed E-state index contributed by atoms with van der Waals surface area (Å²) in [6.45, 7) is 7.64. The molecule has 0 amide bonds. The van der Waals surface area contributed by atoms with Crippen LogP contribution in [0.1, 0.15) is 45.2 Å². The molecule has 0 aliphatic rings. The fourth-order valence-electron chi connectivity index (χ4n) is 1.43. The molecule has 0 spiro atoms. The second-order valence-electron chi connectivity index (χ2n) is 3.61. The van der Waals surface area contributed by atoms with Crippen molar-refractivity contribution in [2.75, 3.05) is 0 Å². The number of rotatable bonds is 4. The van der Waals surface area contributed by atoms with Crippen LogP contribution < -0.4 is 0 Å². The normalized spacial score (nSPS) is 11.2. The van der Waals surface area contributed by atoms with Gasteiger partial charge in [0.25, 0.3) is 0 Å². The molecule has 0 radical (unpaired) electrons. The van der Waals surface area contributed by atoms with Crippen LogP contribution in [-0.2, 0) is 6.54 Å². The van der Waals surface area contributed by atoms with Gasteiger partial charge in [-0.2, -0.15) is 5.10 Å². The molecule has 2 nitrogen and oxygen atoms in total. The minimum atomic E-state index is 0.536. The molecule has 3 heteroatoms. The summed E-state index contributed by atoms with van der Waals surface area (Å²) in [6.07, 6.45) is 4.31. The molecular formula is C10H17BrN2. The number of nitrogens with zero attached hydrogens (tertiary/aromatic N) is 2. The van der Waals surface area contributed by atoms with Crippen molar-refractivity contribution in [2.45, 2.75) is 46.1 Å². The van der Waals surface area contributed by atoms with E-state index in [-0.39, 0.29) is 0 Å². The largest absolute Gasteiger partial charge is 0.268 e. The number of hydrogen-bond acceptors (Lipinski definition) is 1. The zero-order valence-corrected chi connectivity index (χ0v) is 10.1. The number of halogens is 1. The molecule has 1 aromatic heterocycles. The zero-order chi connectivity index (χ0) is 9.84. The van der Waals surface area contributed by atoms with Gasteiger partial charge in [-0.05, 0) is 28.3 Å². The Morgan fingerprint density at radius 2 is 2.23 bits per heavy atom. The summed E-state index contributed by atoms with van der Waals surface area (Å²) in [5, 5.41) is 4.34. The van der Waals surface area contributed by atoms with E-state index in [1.165, 1.54) is 18.5 Å². The molecule has 0 bridgehead atoms. The van der Waals surface area contributed by atoms with Gasteiger partial charge >= 0.3 is 0 Å². The van der Waals surface area contributed by atoms with Gasteiger partial charge in [-0.25, -0.2) is 0 Å². The lowest BCUT2D eigenvalue weighted by atomic mass is 10.1. The molecule has 13 heavy (non-hydrogen) atoms. The molecule has 0 saturated heterocycles. The molecule has 1 rings (SSSR count). The van der Waals surface area contributed by atoms with Gasteiger partial charge in [-0.3, -0.25) is 4.68 Å². The van der Waals surface area contributed by atoms with Crippen molar-refractivity contribution in [2.24, 2.45) is 0 Å². The molecule has 0 unspecified atom stereocenters. The van der Waals surface area contributed by atoms with Crippen molar-refractivity contribution in [3.05, 3.63) is 16.4 Å². The van der Waals surface area contributed by atoms with Crippen molar-refractivity contribution < 1.29 is 0 Å². The Morgan fingerprint density at radius 1 is 1.54 bits per heavy atom. The molecule has 0 aromatic carbocycles.